The van der Waals surface area contributed by atoms with Gasteiger partial charge in [-0.05, 0) is 61.2 Å². The molecule has 228 valence electrons. The first-order valence-corrected chi connectivity index (χ1v) is 15.7. The summed E-state index contributed by atoms with van der Waals surface area (Å²) in [5.41, 5.74) is 3.29. The monoisotopic (exact) mass is 640 g/mol. The second-order valence-corrected chi connectivity index (χ2v) is 12.0. The van der Waals surface area contributed by atoms with E-state index in [4.69, 9.17) is 19.3 Å². The van der Waals surface area contributed by atoms with E-state index in [1.165, 1.54) is 29.9 Å². The maximum absolute atomic E-state index is 14.3. The number of aromatic nitrogens is 3. The van der Waals surface area contributed by atoms with Crippen LogP contribution in [0.4, 0.5) is 0 Å². The summed E-state index contributed by atoms with van der Waals surface area (Å²) in [5, 5.41) is 6.84. The lowest BCUT2D eigenvalue weighted by Crippen LogP contribution is -2.40. The van der Waals surface area contributed by atoms with Crippen molar-refractivity contribution in [3.63, 3.8) is 0 Å². The Morgan fingerprint density at radius 1 is 1.07 bits per heavy atom. The molecule has 45 heavy (non-hydrogen) atoms. The van der Waals surface area contributed by atoms with E-state index in [1.807, 2.05) is 60.1 Å². The van der Waals surface area contributed by atoms with Crippen LogP contribution in [-0.2, 0) is 14.3 Å². The van der Waals surface area contributed by atoms with Crippen LogP contribution in [0.1, 0.15) is 37.9 Å². The standard InChI is InChI=1S/C33H28N4O6S2/c1-5-42-32(40)28-19(2)34-33-37(30(28)21-13-14-24(43-20(3)38)25(16-21)41-4)31(39)27(45-33)17-22-18-36(23-10-7-6-8-11-23)35-29(22)26-12-9-15-44-26/h6-18,30H,5H2,1-4H3/b27-17-. The van der Waals surface area contributed by atoms with Crippen molar-refractivity contribution in [1.29, 1.82) is 0 Å². The van der Waals surface area contributed by atoms with Crippen LogP contribution in [0.5, 0.6) is 11.5 Å². The molecule has 0 aliphatic carbocycles. The first-order chi connectivity index (χ1) is 21.8. The Morgan fingerprint density at radius 3 is 2.56 bits per heavy atom. The fraction of sp³-hybridized carbons (Fsp3) is 0.182. The molecule has 1 aliphatic rings. The first-order valence-electron chi connectivity index (χ1n) is 14.0. The van der Waals surface area contributed by atoms with Crippen LogP contribution in [0.15, 0.2) is 93.3 Å². The molecule has 4 heterocycles. The van der Waals surface area contributed by atoms with E-state index in [0.717, 1.165) is 21.8 Å². The van der Waals surface area contributed by atoms with Gasteiger partial charge in [-0.25, -0.2) is 14.5 Å². The van der Waals surface area contributed by atoms with Gasteiger partial charge in [0.2, 0.25) is 0 Å². The normalized spacial score (nSPS) is 14.6. The van der Waals surface area contributed by atoms with Gasteiger partial charge < -0.3 is 14.2 Å². The number of ether oxygens (including phenoxy) is 3. The van der Waals surface area contributed by atoms with Gasteiger partial charge in [0.1, 0.15) is 5.69 Å². The number of thiophene rings is 1. The van der Waals surface area contributed by atoms with Crippen molar-refractivity contribution in [3.8, 4) is 27.8 Å². The average Bonchev–Trinajstić information content (AvgIpc) is 3.77. The van der Waals surface area contributed by atoms with Gasteiger partial charge in [-0.1, -0.05) is 41.7 Å². The molecule has 0 radical (unpaired) electrons. The molecular weight excluding hydrogens is 613 g/mol. The molecule has 0 saturated carbocycles. The Hall–Kier alpha value is -5.07. The number of rotatable bonds is 8. The van der Waals surface area contributed by atoms with E-state index in [2.05, 4.69) is 4.99 Å². The van der Waals surface area contributed by atoms with E-state index >= 15 is 0 Å². The zero-order valence-electron chi connectivity index (χ0n) is 24.8. The fourth-order valence-electron chi connectivity index (χ4n) is 5.15. The Kier molecular flexibility index (Phi) is 8.33. The Bertz CT molecular complexity index is 2120. The van der Waals surface area contributed by atoms with E-state index < -0.39 is 18.0 Å². The number of para-hydroxylation sites is 1. The van der Waals surface area contributed by atoms with Crippen molar-refractivity contribution in [3.05, 3.63) is 114 Å². The molecule has 0 amide bonds. The molecule has 12 heteroatoms. The zero-order valence-corrected chi connectivity index (χ0v) is 26.5. The number of fused-ring (bicyclic) bond motifs is 1. The summed E-state index contributed by atoms with van der Waals surface area (Å²) in [7, 11) is 1.45. The van der Waals surface area contributed by atoms with Crippen LogP contribution >= 0.6 is 22.7 Å². The number of carbonyl (C=O) groups excluding carboxylic acids is 2. The molecule has 2 aromatic carbocycles. The highest BCUT2D eigenvalue weighted by Gasteiger charge is 2.34. The van der Waals surface area contributed by atoms with Crippen LogP contribution in [0.3, 0.4) is 0 Å². The van der Waals surface area contributed by atoms with E-state index in [9.17, 15) is 14.4 Å². The van der Waals surface area contributed by atoms with Gasteiger partial charge in [-0.3, -0.25) is 14.2 Å². The Balaban J connectivity index is 1.55. The number of nitrogens with zero attached hydrogens (tertiary/aromatic N) is 4. The van der Waals surface area contributed by atoms with Gasteiger partial charge in [0.15, 0.2) is 16.3 Å². The number of allylic oxidation sites excluding steroid dienone is 1. The molecule has 0 saturated heterocycles. The molecule has 1 unspecified atom stereocenters. The van der Waals surface area contributed by atoms with E-state index in [0.29, 0.717) is 20.6 Å². The van der Waals surface area contributed by atoms with Crippen LogP contribution in [0.25, 0.3) is 22.3 Å². The van der Waals surface area contributed by atoms with Crippen LogP contribution in [-0.4, -0.2) is 40.0 Å². The average molecular weight is 641 g/mol. The molecule has 5 aromatic rings. The minimum Gasteiger partial charge on any atom is -0.493 e. The van der Waals surface area contributed by atoms with Crippen molar-refractivity contribution in [2.75, 3.05) is 13.7 Å². The maximum Gasteiger partial charge on any atom is 0.338 e. The molecule has 0 spiro atoms. The van der Waals surface area contributed by atoms with Crippen molar-refractivity contribution in [1.82, 2.24) is 14.3 Å². The SMILES string of the molecule is CCOC(=O)C1=C(C)N=c2s/c(=C\c3cn(-c4ccccc4)nc3-c3cccs3)c(=O)n2C1c1ccc(OC(C)=O)c(OC)c1. The summed E-state index contributed by atoms with van der Waals surface area (Å²) in [5.74, 6) is -0.590. The third-order valence-corrected chi connectivity index (χ3v) is 8.94. The summed E-state index contributed by atoms with van der Waals surface area (Å²) in [6.45, 7) is 4.89. The zero-order chi connectivity index (χ0) is 31.7. The molecular formula is C33H28N4O6S2. The van der Waals surface area contributed by atoms with Gasteiger partial charge >= 0.3 is 11.9 Å². The van der Waals surface area contributed by atoms with Gasteiger partial charge in [0, 0.05) is 18.7 Å². The Morgan fingerprint density at radius 2 is 1.87 bits per heavy atom. The predicted molar refractivity (Wildman–Crippen MR) is 172 cm³/mol. The maximum atomic E-state index is 14.3. The highest BCUT2D eigenvalue weighted by atomic mass is 32.1. The summed E-state index contributed by atoms with van der Waals surface area (Å²) in [6, 6.07) is 17.7. The van der Waals surface area contributed by atoms with Crippen LogP contribution in [0.2, 0.25) is 0 Å². The summed E-state index contributed by atoms with van der Waals surface area (Å²) in [6.07, 6.45) is 3.71. The van der Waals surface area contributed by atoms with Crippen molar-refractivity contribution in [2.45, 2.75) is 26.8 Å². The van der Waals surface area contributed by atoms with Crippen molar-refractivity contribution < 1.29 is 23.8 Å². The minimum absolute atomic E-state index is 0.151. The topological polar surface area (TPSA) is 114 Å². The van der Waals surface area contributed by atoms with E-state index in [-0.39, 0.29) is 29.2 Å². The fourth-order valence-corrected chi connectivity index (χ4v) is 6.92. The van der Waals surface area contributed by atoms with Gasteiger partial charge in [-0.2, -0.15) is 5.10 Å². The van der Waals surface area contributed by atoms with Crippen molar-refractivity contribution >= 4 is 40.7 Å². The van der Waals surface area contributed by atoms with Crippen LogP contribution < -0.4 is 24.4 Å². The number of benzene rings is 2. The third-order valence-electron chi connectivity index (χ3n) is 7.08. The predicted octanol–water partition coefficient (Wildman–Crippen LogP) is 4.65. The first kappa shape index (κ1) is 30.0. The quantitative estimate of drug-likeness (QED) is 0.179. The van der Waals surface area contributed by atoms with Crippen LogP contribution in [0, 0.1) is 0 Å². The molecule has 6 rings (SSSR count). The molecule has 0 N–H and O–H groups in total. The third kappa shape index (κ3) is 5.77. The molecule has 3 aromatic heterocycles. The lowest BCUT2D eigenvalue weighted by atomic mass is 9.95. The number of carbonyl (C=O) groups is 2. The number of methoxy groups -OCH3 is 1. The summed E-state index contributed by atoms with van der Waals surface area (Å²) < 4.78 is 19.9. The van der Waals surface area contributed by atoms with Gasteiger partial charge in [-0.15, -0.1) is 11.3 Å². The molecule has 1 aliphatic heterocycles. The summed E-state index contributed by atoms with van der Waals surface area (Å²) in [4.78, 5) is 45.3. The summed E-state index contributed by atoms with van der Waals surface area (Å²) >= 11 is 2.79. The molecule has 0 fully saturated rings. The second kappa shape index (κ2) is 12.5. The number of thiazole rings is 1. The van der Waals surface area contributed by atoms with Gasteiger partial charge in [0.25, 0.3) is 5.56 Å². The molecule has 0 bridgehead atoms. The Labute approximate surface area is 265 Å². The van der Waals surface area contributed by atoms with Crippen molar-refractivity contribution in [2.24, 2.45) is 4.99 Å². The number of hydrogen-bond donors (Lipinski definition) is 0. The minimum atomic E-state index is -0.869. The van der Waals surface area contributed by atoms with Gasteiger partial charge in [0.05, 0.1) is 46.1 Å². The molecule has 1 atom stereocenters. The largest absolute Gasteiger partial charge is 0.493 e. The lowest BCUT2D eigenvalue weighted by Gasteiger charge is -2.25. The number of esters is 2. The smallest absolute Gasteiger partial charge is 0.338 e. The highest BCUT2D eigenvalue weighted by Crippen LogP contribution is 2.36. The number of hydrogen-bond acceptors (Lipinski definition) is 10. The molecule has 10 nitrogen and oxygen atoms in total. The van der Waals surface area contributed by atoms with E-state index in [1.54, 1.807) is 48.1 Å². The lowest BCUT2D eigenvalue weighted by molar-refractivity contribution is -0.139. The highest BCUT2D eigenvalue weighted by molar-refractivity contribution is 7.13. The second-order valence-electron chi connectivity index (χ2n) is 10.00.